The van der Waals surface area contributed by atoms with Crippen molar-refractivity contribution in [2.75, 3.05) is 36.4 Å². The number of rotatable bonds is 3. The van der Waals surface area contributed by atoms with Gasteiger partial charge >= 0.3 is 12.1 Å². The quantitative estimate of drug-likeness (QED) is 0.472. The van der Waals surface area contributed by atoms with Gasteiger partial charge < -0.3 is 20.6 Å². The molecule has 1 aliphatic rings. The van der Waals surface area contributed by atoms with E-state index in [1.54, 1.807) is 16.8 Å². The largest absolute Gasteiger partial charge is 0.490 e. The number of fused-ring (bicyclic) bond motifs is 1. The van der Waals surface area contributed by atoms with Crippen LogP contribution in [0.2, 0.25) is 0 Å². The maximum Gasteiger partial charge on any atom is 0.490 e. The van der Waals surface area contributed by atoms with Gasteiger partial charge in [-0.2, -0.15) is 13.2 Å². The van der Waals surface area contributed by atoms with Crippen LogP contribution >= 0.6 is 27.3 Å². The summed E-state index contributed by atoms with van der Waals surface area (Å²) in [4.78, 5) is 28.2. The minimum atomic E-state index is -5.08. The third-order valence-corrected chi connectivity index (χ3v) is 6.05. The molecule has 0 bridgehead atoms. The van der Waals surface area contributed by atoms with Crippen molar-refractivity contribution in [1.29, 1.82) is 0 Å². The summed E-state index contributed by atoms with van der Waals surface area (Å²) in [7, 11) is 0. The van der Waals surface area contributed by atoms with Crippen molar-refractivity contribution in [3.8, 4) is 0 Å². The van der Waals surface area contributed by atoms with Gasteiger partial charge in [0, 0.05) is 30.4 Å². The Kier molecular flexibility index (Phi) is 7.69. The second kappa shape index (κ2) is 10.3. The molecule has 1 aliphatic heterocycles. The molecule has 3 aromatic rings. The van der Waals surface area contributed by atoms with Gasteiger partial charge in [-0.25, -0.2) is 14.3 Å². The molecule has 0 aromatic carbocycles. The lowest BCUT2D eigenvalue weighted by Crippen LogP contribution is -2.30. The normalized spacial score (nSPS) is 14.4. The van der Waals surface area contributed by atoms with Crippen molar-refractivity contribution in [3.05, 3.63) is 39.3 Å². The molecule has 0 radical (unpaired) electrons. The standard InChI is InChI=1S/C16H17BrN6OS.C2HF3O2/c17-12-9-25-10-13(12)20-15(24)14-3-2-11-8-19-16(21-23(11)14)22-6-1-4-18-5-7-22;3-2(4,5)1(6)7/h2-3,8-10,18H,1,4-7H2,(H,20,24);(H,6,7). The maximum atomic E-state index is 12.6. The van der Waals surface area contributed by atoms with Crippen LogP contribution in [0, 0.1) is 0 Å². The van der Waals surface area contributed by atoms with Crippen molar-refractivity contribution in [2.45, 2.75) is 12.6 Å². The lowest BCUT2D eigenvalue weighted by molar-refractivity contribution is -0.192. The zero-order chi connectivity index (χ0) is 23.3. The van der Waals surface area contributed by atoms with E-state index in [1.165, 1.54) is 11.3 Å². The molecule has 0 unspecified atom stereocenters. The number of thiophene rings is 1. The SMILES string of the molecule is O=C(Nc1cscc1Br)c1ccc2cnc(N3CCCNCC3)nn12.O=C(O)C(F)(F)F. The summed E-state index contributed by atoms with van der Waals surface area (Å²) in [6, 6.07) is 3.62. The predicted molar refractivity (Wildman–Crippen MR) is 116 cm³/mol. The van der Waals surface area contributed by atoms with Crippen LogP contribution in [0.25, 0.3) is 5.52 Å². The van der Waals surface area contributed by atoms with Gasteiger partial charge in [0.15, 0.2) is 0 Å². The number of carbonyl (C=O) groups is 2. The fourth-order valence-corrected chi connectivity index (χ4v) is 4.14. The summed E-state index contributed by atoms with van der Waals surface area (Å²) < 4.78 is 34.3. The monoisotopic (exact) mass is 534 g/mol. The highest BCUT2D eigenvalue weighted by Gasteiger charge is 2.38. The summed E-state index contributed by atoms with van der Waals surface area (Å²) in [6.07, 6.45) is -2.27. The predicted octanol–water partition coefficient (Wildman–Crippen LogP) is 3.24. The van der Waals surface area contributed by atoms with Gasteiger partial charge in [0.2, 0.25) is 5.95 Å². The second-order valence-corrected chi connectivity index (χ2v) is 8.19. The molecule has 3 N–H and O–H groups in total. The molecule has 0 saturated carbocycles. The van der Waals surface area contributed by atoms with E-state index in [0.717, 1.165) is 48.3 Å². The number of carbonyl (C=O) groups excluding carboxylic acids is 1. The molecule has 1 fully saturated rings. The van der Waals surface area contributed by atoms with Crippen LogP contribution in [-0.4, -0.2) is 63.9 Å². The minimum absolute atomic E-state index is 0.193. The minimum Gasteiger partial charge on any atom is -0.475 e. The molecule has 1 amide bonds. The molecule has 32 heavy (non-hydrogen) atoms. The van der Waals surface area contributed by atoms with E-state index in [-0.39, 0.29) is 5.91 Å². The smallest absolute Gasteiger partial charge is 0.475 e. The fraction of sp³-hybridized carbons (Fsp3) is 0.333. The first-order valence-corrected chi connectivity index (χ1v) is 11.0. The van der Waals surface area contributed by atoms with Crippen LogP contribution < -0.4 is 15.5 Å². The van der Waals surface area contributed by atoms with Gasteiger partial charge in [-0.15, -0.1) is 16.4 Å². The molecule has 4 heterocycles. The second-order valence-electron chi connectivity index (χ2n) is 6.59. The number of hydrogen-bond acceptors (Lipinski definition) is 7. The van der Waals surface area contributed by atoms with Gasteiger partial charge in [-0.1, -0.05) is 0 Å². The summed E-state index contributed by atoms with van der Waals surface area (Å²) in [5.41, 5.74) is 2.05. The molecular weight excluding hydrogens is 517 g/mol. The number of hydrogen-bond donors (Lipinski definition) is 3. The van der Waals surface area contributed by atoms with E-state index in [2.05, 4.69) is 41.5 Å². The van der Waals surface area contributed by atoms with Gasteiger partial charge in [0.1, 0.15) is 5.69 Å². The van der Waals surface area contributed by atoms with Gasteiger partial charge in [0.25, 0.3) is 5.91 Å². The highest BCUT2D eigenvalue weighted by molar-refractivity contribution is 9.10. The Morgan fingerprint density at radius 2 is 1.97 bits per heavy atom. The number of alkyl halides is 3. The van der Waals surface area contributed by atoms with Crippen LogP contribution in [0.15, 0.2) is 33.6 Å². The fourth-order valence-electron chi connectivity index (χ4n) is 2.81. The highest BCUT2D eigenvalue weighted by atomic mass is 79.9. The first-order valence-electron chi connectivity index (χ1n) is 9.30. The Morgan fingerprint density at radius 3 is 2.62 bits per heavy atom. The van der Waals surface area contributed by atoms with Crippen molar-refractivity contribution < 1.29 is 27.9 Å². The van der Waals surface area contributed by atoms with E-state index in [4.69, 9.17) is 9.90 Å². The Labute approximate surface area is 192 Å². The lowest BCUT2D eigenvalue weighted by Gasteiger charge is -2.19. The summed E-state index contributed by atoms with van der Waals surface area (Å²) in [5.74, 6) is -2.30. The molecule has 172 valence electrons. The summed E-state index contributed by atoms with van der Waals surface area (Å²) in [6.45, 7) is 3.68. The average Bonchev–Trinajstić information content (AvgIpc) is 3.23. The van der Waals surface area contributed by atoms with Crippen molar-refractivity contribution in [3.63, 3.8) is 0 Å². The van der Waals surface area contributed by atoms with Crippen LogP contribution in [0.1, 0.15) is 16.9 Å². The molecule has 14 heteroatoms. The van der Waals surface area contributed by atoms with Gasteiger partial charge in [-0.3, -0.25) is 4.79 Å². The van der Waals surface area contributed by atoms with Crippen LogP contribution in [0.3, 0.4) is 0 Å². The van der Waals surface area contributed by atoms with E-state index < -0.39 is 12.1 Å². The lowest BCUT2D eigenvalue weighted by atomic mass is 10.4. The average molecular weight is 535 g/mol. The third-order valence-electron chi connectivity index (χ3n) is 4.35. The molecule has 1 saturated heterocycles. The van der Waals surface area contributed by atoms with E-state index in [0.29, 0.717) is 11.6 Å². The number of anilines is 2. The first kappa shape index (κ1) is 23.9. The number of amides is 1. The summed E-state index contributed by atoms with van der Waals surface area (Å²) in [5, 5.41) is 21.8. The molecule has 0 aliphatic carbocycles. The topological polar surface area (TPSA) is 112 Å². The number of carboxylic acid groups (broad SMARTS) is 1. The zero-order valence-corrected chi connectivity index (χ0v) is 18.8. The molecule has 0 atom stereocenters. The van der Waals surface area contributed by atoms with Gasteiger partial charge in [-0.05, 0) is 41.0 Å². The Morgan fingerprint density at radius 1 is 1.22 bits per heavy atom. The molecular formula is C18H18BrF3N6O3S. The van der Waals surface area contributed by atoms with Gasteiger partial charge in [0.05, 0.1) is 21.9 Å². The Hall–Kier alpha value is -2.71. The number of halogens is 4. The zero-order valence-electron chi connectivity index (χ0n) is 16.4. The molecule has 3 aromatic heterocycles. The van der Waals surface area contributed by atoms with E-state index in [1.807, 2.05) is 16.8 Å². The molecule has 9 nitrogen and oxygen atoms in total. The Balaban J connectivity index is 0.000000360. The van der Waals surface area contributed by atoms with E-state index in [9.17, 15) is 18.0 Å². The van der Waals surface area contributed by atoms with Crippen LogP contribution in [-0.2, 0) is 4.79 Å². The van der Waals surface area contributed by atoms with Crippen molar-refractivity contribution in [1.82, 2.24) is 19.9 Å². The number of nitrogens with zero attached hydrogens (tertiary/aromatic N) is 4. The number of aromatic nitrogens is 3. The first-order chi connectivity index (χ1) is 15.2. The number of nitrogens with one attached hydrogen (secondary N) is 2. The number of aliphatic carboxylic acids is 1. The molecule has 0 spiro atoms. The molecule has 4 rings (SSSR count). The van der Waals surface area contributed by atoms with Crippen molar-refractivity contribution >= 4 is 56.3 Å². The van der Waals surface area contributed by atoms with Crippen molar-refractivity contribution in [2.24, 2.45) is 0 Å². The summed E-state index contributed by atoms with van der Waals surface area (Å²) >= 11 is 4.96. The highest BCUT2D eigenvalue weighted by Crippen LogP contribution is 2.27. The maximum absolute atomic E-state index is 12.6. The number of carboxylic acids is 1. The van der Waals surface area contributed by atoms with Crippen LogP contribution in [0.4, 0.5) is 24.8 Å². The van der Waals surface area contributed by atoms with E-state index >= 15 is 0 Å². The third kappa shape index (κ3) is 5.95. The Bertz CT molecular complexity index is 1100. The van der Waals surface area contributed by atoms with Crippen LogP contribution in [0.5, 0.6) is 0 Å².